The molecule has 1 aliphatic heterocycles. The maximum Gasteiger partial charge on any atom is 0.317 e. The topological polar surface area (TPSA) is 65.9 Å². The molecule has 0 spiro atoms. The zero-order valence-electron chi connectivity index (χ0n) is 12.0. The number of aliphatic carboxylic acids is 1. The maximum atomic E-state index is 10.7. The van der Waals surface area contributed by atoms with Gasteiger partial charge in [0.1, 0.15) is 5.82 Å². The van der Waals surface area contributed by atoms with Gasteiger partial charge in [-0.2, -0.15) is 0 Å². The van der Waals surface area contributed by atoms with Gasteiger partial charge in [-0.3, -0.25) is 9.69 Å². The minimum absolute atomic E-state index is 0.00964. The highest BCUT2D eigenvalue weighted by Gasteiger charge is 2.23. The van der Waals surface area contributed by atoms with Crippen LogP contribution in [0.2, 0.25) is 0 Å². The summed E-state index contributed by atoms with van der Waals surface area (Å²) in [6.07, 6.45) is 0.00964. The fourth-order valence-electron chi connectivity index (χ4n) is 2.39. The van der Waals surface area contributed by atoms with E-state index in [2.05, 4.69) is 9.88 Å². The first-order valence-corrected chi connectivity index (χ1v) is 6.75. The summed E-state index contributed by atoms with van der Waals surface area (Å²) in [6.45, 7) is 4.80. The first-order valence-electron chi connectivity index (χ1n) is 6.75. The van der Waals surface area contributed by atoms with Crippen molar-refractivity contribution in [1.82, 2.24) is 9.88 Å². The quantitative estimate of drug-likeness (QED) is 0.852. The van der Waals surface area contributed by atoms with Crippen LogP contribution >= 0.6 is 0 Å². The lowest BCUT2D eigenvalue weighted by atomic mass is 10.2. The minimum Gasteiger partial charge on any atom is -0.480 e. The van der Waals surface area contributed by atoms with Gasteiger partial charge >= 0.3 is 5.97 Å². The van der Waals surface area contributed by atoms with E-state index in [9.17, 15) is 4.79 Å². The van der Waals surface area contributed by atoms with E-state index in [1.54, 1.807) is 11.9 Å². The molecule has 6 heteroatoms. The Morgan fingerprint density at radius 1 is 1.60 bits per heavy atom. The molecule has 1 atom stereocenters. The Balaban J connectivity index is 1.93. The molecule has 0 radical (unpaired) electrons. The third-order valence-corrected chi connectivity index (χ3v) is 3.26. The Bertz CT molecular complexity index is 467. The largest absolute Gasteiger partial charge is 0.480 e. The number of likely N-dealkylation sites (N-methyl/N-ethyl adjacent to an activating group) is 1. The minimum atomic E-state index is -0.819. The van der Waals surface area contributed by atoms with Gasteiger partial charge in [0.15, 0.2) is 0 Å². The molecule has 1 unspecified atom stereocenters. The number of pyridine rings is 1. The van der Waals surface area contributed by atoms with Gasteiger partial charge in [0.2, 0.25) is 0 Å². The van der Waals surface area contributed by atoms with Crippen molar-refractivity contribution in [2.24, 2.45) is 0 Å². The molecule has 0 bridgehead atoms. The van der Waals surface area contributed by atoms with Crippen molar-refractivity contribution >= 4 is 11.8 Å². The van der Waals surface area contributed by atoms with Crippen LogP contribution in [0.15, 0.2) is 18.2 Å². The summed E-state index contributed by atoms with van der Waals surface area (Å²) in [4.78, 5) is 19.1. The maximum absolute atomic E-state index is 10.7. The molecule has 20 heavy (non-hydrogen) atoms. The molecule has 0 aromatic carbocycles. The third-order valence-electron chi connectivity index (χ3n) is 3.26. The Hall–Kier alpha value is -1.66. The Morgan fingerprint density at radius 3 is 3.10 bits per heavy atom. The average molecular weight is 279 g/mol. The molecule has 2 heterocycles. The Labute approximate surface area is 119 Å². The Morgan fingerprint density at radius 2 is 2.40 bits per heavy atom. The lowest BCUT2D eigenvalue weighted by molar-refractivity contribution is -0.138. The predicted octanol–water partition coefficient (Wildman–Crippen LogP) is 0.612. The summed E-state index contributed by atoms with van der Waals surface area (Å²) in [7, 11) is 1.79. The van der Waals surface area contributed by atoms with Gasteiger partial charge in [-0.15, -0.1) is 0 Å². The second kappa shape index (κ2) is 6.67. The molecule has 1 aliphatic rings. The molecular formula is C14H21N3O3. The predicted molar refractivity (Wildman–Crippen MR) is 76.1 cm³/mol. The normalized spacial score (nSPS) is 19.4. The van der Waals surface area contributed by atoms with Crippen LogP contribution in [0.25, 0.3) is 0 Å². The number of carbonyl (C=O) groups is 1. The zero-order valence-corrected chi connectivity index (χ0v) is 12.0. The summed E-state index contributed by atoms with van der Waals surface area (Å²) in [5, 5.41) is 8.77. The molecule has 1 aromatic rings. The van der Waals surface area contributed by atoms with E-state index in [-0.39, 0.29) is 12.6 Å². The van der Waals surface area contributed by atoms with E-state index in [0.717, 1.165) is 24.6 Å². The molecule has 1 aromatic heterocycles. The number of anilines is 1. The van der Waals surface area contributed by atoms with Crippen LogP contribution in [0.4, 0.5) is 5.82 Å². The zero-order chi connectivity index (χ0) is 14.5. The van der Waals surface area contributed by atoms with Crippen molar-refractivity contribution in [2.45, 2.75) is 13.0 Å². The number of carboxylic acids is 1. The number of nitrogens with zero attached hydrogens (tertiary/aromatic N) is 3. The van der Waals surface area contributed by atoms with Crippen LogP contribution in [-0.4, -0.2) is 66.9 Å². The van der Waals surface area contributed by atoms with Gasteiger partial charge in [-0.1, -0.05) is 6.07 Å². The smallest absolute Gasteiger partial charge is 0.317 e. The fourth-order valence-corrected chi connectivity index (χ4v) is 2.39. The molecule has 0 amide bonds. The summed E-state index contributed by atoms with van der Waals surface area (Å²) in [5.74, 6) is 0.139. The number of morpholine rings is 1. The average Bonchev–Trinajstić information content (AvgIpc) is 2.38. The van der Waals surface area contributed by atoms with Gasteiger partial charge in [-0.05, 0) is 26.1 Å². The van der Waals surface area contributed by atoms with Crippen molar-refractivity contribution in [3.05, 3.63) is 23.9 Å². The van der Waals surface area contributed by atoms with Crippen molar-refractivity contribution in [1.29, 1.82) is 0 Å². The summed E-state index contributed by atoms with van der Waals surface area (Å²) < 4.78 is 5.71. The van der Waals surface area contributed by atoms with Crippen molar-refractivity contribution < 1.29 is 14.6 Å². The highest BCUT2D eigenvalue weighted by Crippen LogP contribution is 2.16. The second-order valence-electron chi connectivity index (χ2n) is 5.17. The van der Waals surface area contributed by atoms with E-state index in [1.807, 2.05) is 25.1 Å². The standard InChI is InChI=1S/C14H21N3O3/c1-11-4-3-5-13(15-11)17-6-7-20-12(9-17)8-16(2)10-14(18)19/h3-5,12H,6-10H2,1-2H3,(H,18,19). The first kappa shape index (κ1) is 14.7. The number of carboxylic acid groups (broad SMARTS) is 1. The number of aromatic nitrogens is 1. The van der Waals surface area contributed by atoms with Gasteiger partial charge in [-0.25, -0.2) is 4.98 Å². The molecule has 1 fully saturated rings. The second-order valence-corrected chi connectivity index (χ2v) is 5.17. The van der Waals surface area contributed by atoms with E-state index in [1.165, 1.54) is 0 Å². The summed E-state index contributed by atoms with van der Waals surface area (Å²) >= 11 is 0. The SMILES string of the molecule is Cc1cccc(N2CCOC(CN(C)CC(=O)O)C2)n1. The Kier molecular flexibility index (Phi) is 4.92. The molecule has 110 valence electrons. The highest BCUT2D eigenvalue weighted by molar-refractivity contribution is 5.69. The van der Waals surface area contributed by atoms with E-state index in [0.29, 0.717) is 13.2 Å². The molecule has 6 nitrogen and oxygen atoms in total. The van der Waals surface area contributed by atoms with E-state index >= 15 is 0 Å². The summed E-state index contributed by atoms with van der Waals surface area (Å²) in [5.41, 5.74) is 0.994. The van der Waals surface area contributed by atoms with Gasteiger partial charge < -0.3 is 14.7 Å². The highest BCUT2D eigenvalue weighted by atomic mass is 16.5. The lowest BCUT2D eigenvalue weighted by Crippen LogP contribution is -2.48. The van der Waals surface area contributed by atoms with Crippen molar-refractivity contribution in [3.63, 3.8) is 0 Å². The molecular weight excluding hydrogens is 258 g/mol. The van der Waals surface area contributed by atoms with E-state index in [4.69, 9.17) is 9.84 Å². The van der Waals surface area contributed by atoms with Crippen LogP contribution in [0, 0.1) is 6.92 Å². The first-order chi connectivity index (χ1) is 9.54. The fraction of sp³-hybridized carbons (Fsp3) is 0.571. The van der Waals surface area contributed by atoms with Crippen LogP contribution in [0.3, 0.4) is 0 Å². The van der Waals surface area contributed by atoms with Crippen molar-refractivity contribution in [3.8, 4) is 0 Å². The molecule has 1 N–H and O–H groups in total. The number of aryl methyl sites for hydroxylation is 1. The van der Waals surface area contributed by atoms with Crippen LogP contribution in [0.5, 0.6) is 0 Å². The number of hydrogen-bond acceptors (Lipinski definition) is 5. The molecule has 0 saturated carbocycles. The lowest BCUT2D eigenvalue weighted by Gasteiger charge is -2.35. The summed E-state index contributed by atoms with van der Waals surface area (Å²) in [6, 6.07) is 5.97. The molecule has 2 rings (SSSR count). The third kappa shape index (κ3) is 4.18. The van der Waals surface area contributed by atoms with Crippen molar-refractivity contribution in [2.75, 3.05) is 44.7 Å². The van der Waals surface area contributed by atoms with Gasteiger partial charge in [0.25, 0.3) is 0 Å². The number of ether oxygens (including phenoxy) is 1. The van der Waals surface area contributed by atoms with Crippen LogP contribution in [-0.2, 0) is 9.53 Å². The molecule has 1 saturated heterocycles. The van der Waals surface area contributed by atoms with Gasteiger partial charge in [0, 0.05) is 25.3 Å². The monoisotopic (exact) mass is 279 g/mol. The number of rotatable bonds is 5. The number of hydrogen-bond donors (Lipinski definition) is 1. The van der Waals surface area contributed by atoms with Gasteiger partial charge in [0.05, 0.1) is 19.3 Å². The van der Waals surface area contributed by atoms with Crippen LogP contribution in [0.1, 0.15) is 5.69 Å². The van der Waals surface area contributed by atoms with E-state index < -0.39 is 5.97 Å². The molecule has 0 aliphatic carbocycles. The van der Waals surface area contributed by atoms with Crippen LogP contribution < -0.4 is 4.90 Å².